The second kappa shape index (κ2) is 17.4. The van der Waals surface area contributed by atoms with Crippen LogP contribution in [0.2, 0.25) is 0 Å². The van der Waals surface area contributed by atoms with E-state index >= 15 is 0 Å². The molecule has 6 nitrogen and oxygen atoms in total. The fourth-order valence-electron chi connectivity index (χ4n) is 4.10. The Morgan fingerprint density at radius 3 is 1.86 bits per heavy atom. The molecule has 42 heavy (non-hydrogen) atoms. The molecule has 0 saturated carbocycles. The normalized spacial score (nSPS) is 11.1. The molecule has 0 amide bonds. The Kier molecular flexibility index (Phi) is 13.4. The van der Waals surface area contributed by atoms with Gasteiger partial charge in [-0.15, -0.1) is 0 Å². The molecule has 220 valence electrons. The zero-order valence-electron chi connectivity index (χ0n) is 24.8. The minimum Gasteiger partial charge on any atom is -0.494 e. The summed E-state index contributed by atoms with van der Waals surface area (Å²) >= 11 is 0. The van der Waals surface area contributed by atoms with Gasteiger partial charge in [0.15, 0.2) is 6.10 Å². The Hall–Kier alpha value is -4.37. The van der Waals surface area contributed by atoms with Crippen molar-refractivity contribution in [1.82, 2.24) is 0 Å². The average molecular weight is 569 g/mol. The second-order valence-corrected chi connectivity index (χ2v) is 10.1. The van der Waals surface area contributed by atoms with Crippen LogP contribution < -0.4 is 9.47 Å². The molecule has 3 aromatic carbocycles. The highest BCUT2D eigenvalue weighted by Crippen LogP contribution is 2.24. The van der Waals surface area contributed by atoms with E-state index in [1.54, 1.807) is 12.1 Å². The summed E-state index contributed by atoms with van der Waals surface area (Å²) in [6, 6.07) is 21.1. The lowest BCUT2D eigenvalue weighted by atomic mass is 10.0. The van der Waals surface area contributed by atoms with Gasteiger partial charge < -0.3 is 14.2 Å². The van der Waals surface area contributed by atoms with Crippen LogP contribution >= 0.6 is 0 Å². The predicted octanol–water partition coefficient (Wildman–Crippen LogP) is 8.23. The van der Waals surface area contributed by atoms with Crippen LogP contribution in [0, 0.1) is 11.8 Å². The molecule has 0 heterocycles. The van der Waals surface area contributed by atoms with Gasteiger partial charge in [0.25, 0.3) is 0 Å². The SMILES string of the molecule is CCCC#CC(=O)C(C)OC(=O)c1ccc(OC(=O)c2ccc(-c3ccc(OCCCCCCCC)cc3)cc2)cc1. The number of esters is 2. The van der Waals surface area contributed by atoms with Crippen molar-refractivity contribution in [3.05, 3.63) is 83.9 Å². The monoisotopic (exact) mass is 568 g/mol. The molecule has 0 aliphatic rings. The number of benzene rings is 3. The first kappa shape index (κ1) is 32.1. The number of rotatable bonds is 15. The molecule has 3 aromatic rings. The number of hydrogen-bond donors (Lipinski definition) is 0. The molecule has 0 aliphatic heterocycles. The summed E-state index contributed by atoms with van der Waals surface area (Å²) < 4.78 is 16.5. The molecule has 0 N–H and O–H groups in total. The number of ether oxygens (including phenoxy) is 3. The zero-order chi connectivity index (χ0) is 30.2. The number of carbonyl (C=O) groups excluding carboxylic acids is 3. The molecular weight excluding hydrogens is 528 g/mol. The smallest absolute Gasteiger partial charge is 0.343 e. The second-order valence-electron chi connectivity index (χ2n) is 10.1. The van der Waals surface area contributed by atoms with Crippen LogP contribution in [0.5, 0.6) is 11.5 Å². The van der Waals surface area contributed by atoms with Gasteiger partial charge in [-0.25, -0.2) is 9.59 Å². The van der Waals surface area contributed by atoms with E-state index in [1.165, 1.54) is 63.3 Å². The zero-order valence-corrected chi connectivity index (χ0v) is 24.8. The van der Waals surface area contributed by atoms with E-state index < -0.39 is 23.8 Å². The number of carbonyl (C=O) groups is 3. The van der Waals surface area contributed by atoms with Gasteiger partial charge in [-0.2, -0.15) is 0 Å². The highest BCUT2D eigenvalue weighted by molar-refractivity contribution is 6.01. The van der Waals surface area contributed by atoms with Gasteiger partial charge >= 0.3 is 11.9 Å². The number of ketones is 1. The largest absolute Gasteiger partial charge is 0.494 e. The number of unbranched alkanes of at least 4 members (excludes halogenated alkanes) is 6. The van der Waals surface area contributed by atoms with E-state index in [-0.39, 0.29) is 11.3 Å². The van der Waals surface area contributed by atoms with Crippen molar-refractivity contribution in [3.8, 4) is 34.5 Å². The van der Waals surface area contributed by atoms with Crippen molar-refractivity contribution in [2.75, 3.05) is 6.61 Å². The van der Waals surface area contributed by atoms with Gasteiger partial charge in [0.1, 0.15) is 11.5 Å². The van der Waals surface area contributed by atoms with Crippen LogP contribution in [0.15, 0.2) is 72.8 Å². The third kappa shape index (κ3) is 10.6. The lowest BCUT2D eigenvalue weighted by Gasteiger charge is -2.10. The minimum absolute atomic E-state index is 0.235. The van der Waals surface area contributed by atoms with E-state index in [9.17, 15) is 14.4 Å². The first-order valence-electron chi connectivity index (χ1n) is 14.8. The standard InChI is InChI=1S/C36H40O6/c1-4-6-8-9-10-12-26-40-32-22-18-29(19-23-32)28-14-16-30(17-15-28)36(39)42-33-24-20-31(21-25-33)35(38)41-27(3)34(37)13-11-7-5-2/h14-25,27H,4-10,12,26H2,1-3H3. The third-order valence-corrected chi connectivity index (χ3v) is 6.62. The molecule has 0 saturated heterocycles. The maximum atomic E-state index is 12.7. The molecule has 0 radical (unpaired) electrons. The average Bonchev–Trinajstić information content (AvgIpc) is 3.01. The summed E-state index contributed by atoms with van der Waals surface area (Å²) in [6.45, 7) is 6.41. The molecule has 3 rings (SSSR count). The van der Waals surface area contributed by atoms with E-state index in [1.807, 2.05) is 43.3 Å². The maximum Gasteiger partial charge on any atom is 0.343 e. The quantitative estimate of drug-likeness (QED) is 0.0604. The first-order valence-corrected chi connectivity index (χ1v) is 14.8. The molecule has 0 aliphatic carbocycles. The van der Waals surface area contributed by atoms with Crippen LogP contribution in [0.4, 0.5) is 0 Å². The van der Waals surface area contributed by atoms with Gasteiger partial charge in [-0.3, -0.25) is 4.79 Å². The molecule has 0 fully saturated rings. The van der Waals surface area contributed by atoms with Crippen LogP contribution in [0.1, 0.15) is 92.9 Å². The molecule has 0 spiro atoms. The van der Waals surface area contributed by atoms with Crippen molar-refractivity contribution in [2.24, 2.45) is 0 Å². The third-order valence-electron chi connectivity index (χ3n) is 6.62. The van der Waals surface area contributed by atoms with Gasteiger partial charge in [-0.1, -0.05) is 76.1 Å². The minimum atomic E-state index is -0.969. The Morgan fingerprint density at radius 1 is 0.667 bits per heavy atom. The van der Waals surface area contributed by atoms with E-state index in [0.29, 0.717) is 12.0 Å². The molecule has 0 aromatic heterocycles. The summed E-state index contributed by atoms with van der Waals surface area (Å²) in [5.41, 5.74) is 2.63. The van der Waals surface area contributed by atoms with Crippen molar-refractivity contribution < 1.29 is 28.6 Å². The van der Waals surface area contributed by atoms with E-state index in [4.69, 9.17) is 14.2 Å². The van der Waals surface area contributed by atoms with Gasteiger partial charge in [-0.05, 0) is 85.3 Å². The molecule has 1 atom stereocenters. The van der Waals surface area contributed by atoms with Crippen molar-refractivity contribution in [2.45, 2.75) is 78.2 Å². The van der Waals surface area contributed by atoms with Crippen molar-refractivity contribution in [3.63, 3.8) is 0 Å². The topological polar surface area (TPSA) is 78.9 Å². The lowest BCUT2D eigenvalue weighted by Crippen LogP contribution is -2.23. The fraction of sp³-hybridized carbons (Fsp3) is 0.361. The molecule has 1 unspecified atom stereocenters. The van der Waals surface area contributed by atoms with Crippen LogP contribution in [-0.4, -0.2) is 30.4 Å². The number of hydrogen-bond acceptors (Lipinski definition) is 6. The highest BCUT2D eigenvalue weighted by Gasteiger charge is 2.18. The van der Waals surface area contributed by atoms with Gasteiger partial charge in [0.05, 0.1) is 17.7 Å². The van der Waals surface area contributed by atoms with Crippen LogP contribution in [0.3, 0.4) is 0 Å². The molecular formula is C36H40O6. The van der Waals surface area contributed by atoms with Crippen LogP contribution in [-0.2, 0) is 9.53 Å². The Morgan fingerprint density at radius 2 is 1.21 bits per heavy atom. The Balaban J connectivity index is 1.48. The summed E-state index contributed by atoms with van der Waals surface area (Å²) in [5, 5.41) is 0. The van der Waals surface area contributed by atoms with Crippen LogP contribution in [0.25, 0.3) is 11.1 Å². The number of Topliss-reactive ketones (excluding diaryl/α,β-unsaturated/α-hetero) is 1. The highest BCUT2D eigenvalue weighted by atomic mass is 16.5. The first-order chi connectivity index (χ1) is 20.4. The summed E-state index contributed by atoms with van der Waals surface area (Å²) in [4.78, 5) is 37.0. The van der Waals surface area contributed by atoms with E-state index in [2.05, 4.69) is 18.8 Å². The Labute approximate surface area is 249 Å². The molecule has 0 bridgehead atoms. The predicted molar refractivity (Wildman–Crippen MR) is 165 cm³/mol. The molecule has 6 heteroatoms. The summed E-state index contributed by atoms with van der Waals surface area (Å²) in [5.74, 6) is 4.76. The fourth-order valence-corrected chi connectivity index (χ4v) is 4.10. The van der Waals surface area contributed by atoms with Gasteiger partial charge in [0.2, 0.25) is 5.78 Å². The Bertz CT molecular complexity index is 1350. The van der Waals surface area contributed by atoms with Crippen molar-refractivity contribution in [1.29, 1.82) is 0 Å². The summed E-state index contributed by atoms with van der Waals surface area (Å²) in [6.07, 6.45) is 7.88. The van der Waals surface area contributed by atoms with E-state index in [0.717, 1.165) is 36.3 Å². The lowest BCUT2D eigenvalue weighted by molar-refractivity contribution is -0.121. The van der Waals surface area contributed by atoms with Crippen molar-refractivity contribution >= 4 is 17.7 Å². The maximum absolute atomic E-state index is 12.7. The summed E-state index contributed by atoms with van der Waals surface area (Å²) in [7, 11) is 0. The van der Waals surface area contributed by atoms with Gasteiger partial charge in [0, 0.05) is 6.42 Å².